The van der Waals surface area contributed by atoms with E-state index in [9.17, 15) is 14.0 Å². The van der Waals surface area contributed by atoms with Crippen LogP contribution in [0.4, 0.5) is 4.39 Å². The van der Waals surface area contributed by atoms with Gasteiger partial charge in [-0.3, -0.25) is 25.5 Å². The van der Waals surface area contributed by atoms with E-state index in [0.717, 1.165) is 11.1 Å². The molecule has 0 bridgehead atoms. The first-order valence-electron chi connectivity index (χ1n) is 7.93. The molecule has 0 radical (unpaired) electrons. The van der Waals surface area contributed by atoms with Crippen molar-refractivity contribution < 1.29 is 14.0 Å². The van der Waals surface area contributed by atoms with E-state index < -0.39 is 11.8 Å². The summed E-state index contributed by atoms with van der Waals surface area (Å²) >= 11 is 0. The van der Waals surface area contributed by atoms with Gasteiger partial charge in [0, 0.05) is 11.1 Å². The van der Waals surface area contributed by atoms with Crippen LogP contribution in [-0.2, 0) is 0 Å². The van der Waals surface area contributed by atoms with Crippen molar-refractivity contribution in [1.82, 2.24) is 21.0 Å². The summed E-state index contributed by atoms with van der Waals surface area (Å²) in [5.74, 6) is -1.30. The van der Waals surface area contributed by atoms with Gasteiger partial charge in [0.25, 0.3) is 11.8 Å². The van der Waals surface area contributed by atoms with Gasteiger partial charge >= 0.3 is 0 Å². The number of aromatic amines is 1. The number of halogens is 1. The summed E-state index contributed by atoms with van der Waals surface area (Å²) in [6.07, 6.45) is 0. The van der Waals surface area contributed by atoms with Crippen LogP contribution in [0.2, 0.25) is 0 Å². The lowest BCUT2D eigenvalue weighted by Crippen LogP contribution is -2.42. The Hall–Kier alpha value is -3.48. The van der Waals surface area contributed by atoms with E-state index >= 15 is 0 Å². The summed E-state index contributed by atoms with van der Waals surface area (Å²) in [6, 6.07) is 12.7. The molecular formula is C19H17FN4O2. The summed E-state index contributed by atoms with van der Waals surface area (Å²) < 4.78 is 13.0. The number of carbonyl (C=O) groups excluding carboxylic acids is 2. The van der Waals surface area contributed by atoms with Crippen molar-refractivity contribution in [1.29, 1.82) is 0 Å². The lowest BCUT2D eigenvalue weighted by atomic mass is 10.1. The zero-order chi connectivity index (χ0) is 18.7. The van der Waals surface area contributed by atoms with Crippen LogP contribution < -0.4 is 10.9 Å². The number of rotatable bonds is 3. The van der Waals surface area contributed by atoms with Crippen LogP contribution >= 0.6 is 0 Å². The molecule has 0 unspecified atom stereocenters. The lowest BCUT2D eigenvalue weighted by Gasteiger charge is -2.08. The molecule has 0 saturated heterocycles. The van der Waals surface area contributed by atoms with Crippen LogP contribution in [-0.4, -0.2) is 22.0 Å². The Balaban J connectivity index is 1.65. The van der Waals surface area contributed by atoms with Crippen molar-refractivity contribution in [3.63, 3.8) is 0 Å². The van der Waals surface area contributed by atoms with Crippen LogP contribution in [0.5, 0.6) is 0 Å². The minimum absolute atomic E-state index is 0.172. The quantitative estimate of drug-likeness (QED) is 0.634. The van der Waals surface area contributed by atoms with Crippen LogP contribution in [0, 0.1) is 19.7 Å². The van der Waals surface area contributed by atoms with E-state index in [4.69, 9.17) is 0 Å². The van der Waals surface area contributed by atoms with E-state index in [1.54, 1.807) is 18.2 Å². The second kappa shape index (κ2) is 7.18. The van der Waals surface area contributed by atoms with Crippen molar-refractivity contribution in [3.8, 4) is 11.3 Å². The number of aryl methyl sites for hydroxylation is 2. The number of hydrogen-bond donors (Lipinski definition) is 3. The highest BCUT2D eigenvalue weighted by atomic mass is 19.1. The number of nitrogens with one attached hydrogen (secondary N) is 3. The molecule has 26 heavy (non-hydrogen) atoms. The normalized spacial score (nSPS) is 10.4. The summed E-state index contributed by atoms with van der Waals surface area (Å²) in [7, 11) is 0. The van der Waals surface area contributed by atoms with Crippen molar-refractivity contribution in [2.45, 2.75) is 13.8 Å². The Morgan fingerprint density at radius 3 is 2.35 bits per heavy atom. The van der Waals surface area contributed by atoms with E-state index in [1.807, 2.05) is 26.0 Å². The third-order valence-electron chi connectivity index (χ3n) is 3.88. The number of hydrazine groups is 1. The predicted molar refractivity (Wildman–Crippen MR) is 94.8 cm³/mol. The molecule has 2 amide bonds. The van der Waals surface area contributed by atoms with Crippen LogP contribution in [0.25, 0.3) is 11.3 Å². The molecule has 0 spiro atoms. The summed E-state index contributed by atoms with van der Waals surface area (Å²) in [5.41, 5.74) is 8.40. The number of benzene rings is 2. The number of H-pyrrole nitrogens is 1. The SMILES string of the molecule is Cc1ccc(C(=O)NNC(=O)c2cc(-c3ccc(F)cc3)n[nH]2)c(C)c1. The lowest BCUT2D eigenvalue weighted by molar-refractivity contribution is 0.0843. The molecule has 3 aromatic rings. The van der Waals surface area contributed by atoms with E-state index in [1.165, 1.54) is 18.2 Å². The number of aromatic nitrogens is 2. The van der Waals surface area contributed by atoms with Crippen LogP contribution in [0.3, 0.4) is 0 Å². The first-order chi connectivity index (χ1) is 12.4. The van der Waals surface area contributed by atoms with E-state index in [0.29, 0.717) is 16.8 Å². The average molecular weight is 352 g/mol. The first kappa shape index (κ1) is 17.3. The standard InChI is InChI=1S/C19H17FN4O2/c1-11-3-8-15(12(2)9-11)18(25)23-24-19(26)17-10-16(21-22-17)13-4-6-14(20)7-5-13/h3-10H,1-2H3,(H,21,22)(H,23,25)(H,24,26). The second-order valence-corrected chi connectivity index (χ2v) is 5.90. The molecule has 0 aliphatic heterocycles. The highest BCUT2D eigenvalue weighted by molar-refractivity contribution is 5.99. The third kappa shape index (κ3) is 3.77. The zero-order valence-corrected chi connectivity index (χ0v) is 14.3. The van der Waals surface area contributed by atoms with Gasteiger partial charge < -0.3 is 0 Å². The summed E-state index contributed by atoms with van der Waals surface area (Å²) in [5, 5.41) is 6.62. The number of hydrogen-bond acceptors (Lipinski definition) is 3. The monoisotopic (exact) mass is 352 g/mol. The average Bonchev–Trinajstić information content (AvgIpc) is 3.10. The molecule has 1 heterocycles. The Labute approximate surface area is 149 Å². The maximum Gasteiger partial charge on any atom is 0.287 e. The Morgan fingerprint density at radius 1 is 0.962 bits per heavy atom. The van der Waals surface area contributed by atoms with Crippen LogP contribution in [0.15, 0.2) is 48.5 Å². The van der Waals surface area contributed by atoms with Gasteiger partial charge in [-0.2, -0.15) is 5.10 Å². The van der Waals surface area contributed by atoms with Gasteiger partial charge in [-0.15, -0.1) is 0 Å². The van der Waals surface area contributed by atoms with E-state index in [2.05, 4.69) is 21.0 Å². The number of carbonyl (C=O) groups is 2. The fourth-order valence-corrected chi connectivity index (χ4v) is 2.52. The van der Waals surface area contributed by atoms with E-state index in [-0.39, 0.29) is 11.5 Å². The highest BCUT2D eigenvalue weighted by Crippen LogP contribution is 2.18. The van der Waals surface area contributed by atoms with Crippen molar-refractivity contribution in [3.05, 3.63) is 76.7 Å². The molecule has 0 aliphatic rings. The minimum Gasteiger partial charge on any atom is -0.272 e. The van der Waals surface area contributed by atoms with Gasteiger partial charge in [0.1, 0.15) is 11.5 Å². The largest absolute Gasteiger partial charge is 0.287 e. The summed E-state index contributed by atoms with van der Waals surface area (Å²) in [4.78, 5) is 24.3. The molecule has 1 aromatic heterocycles. The molecule has 3 N–H and O–H groups in total. The Bertz CT molecular complexity index is 964. The van der Waals surface area contributed by atoms with Crippen molar-refractivity contribution in [2.75, 3.05) is 0 Å². The molecule has 132 valence electrons. The fourth-order valence-electron chi connectivity index (χ4n) is 2.52. The Morgan fingerprint density at radius 2 is 1.65 bits per heavy atom. The molecule has 2 aromatic carbocycles. The maximum atomic E-state index is 13.0. The van der Waals surface area contributed by atoms with Gasteiger partial charge in [-0.25, -0.2) is 4.39 Å². The fraction of sp³-hybridized carbons (Fsp3) is 0.105. The van der Waals surface area contributed by atoms with Gasteiger partial charge in [0.2, 0.25) is 0 Å². The third-order valence-corrected chi connectivity index (χ3v) is 3.88. The molecule has 0 saturated carbocycles. The first-order valence-corrected chi connectivity index (χ1v) is 7.93. The molecule has 0 aliphatic carbocycles. The predicted octanol–water partition coefficient (Wildman–Crippen LogP) is 2.91. The number of nitrogens with zero attached hydrogens (tertiary/aromatic N) is 1. The van der Waals surface area contributed by atoms with Gasteiger partial charge in [-0.1, -0.05) is 17.7 Å². The molecule has 6 nitrogen and oxygen atoms in total. The molecule has 3 rings (SSSR count). The van der Waals surface area contributed by atoms with Crippen molar-refractivity contribution >= 4 is 11.8 Å². The van der Waals surface area contributed by atoms with Gasteiger partial charge in [-0.05, 0) is 55.8 Å². The minimum atomic E-state index is -0.538. The van der Waals surface area contributed by atoms with Crippen molar-refractivity contribution in [2.24, 2.45) is 0 Å². The topological polar surface area (TPSA) is 86.9 Å². The molecule has 0 atom stereocenters. The maximum absolute atomic E-state index is 13.0. The Kier molecular flexibility index (Phi) is 4.79. The van der Waals surface area contributed by atoms with Gasteiger partial charge in [0.05, 0.1) is 5.69 Å². The summed E-state index contributed by atoms with van der Waals surface area (Å²) in [6.45, 7) is 3.76. The molecule has 7 heteroatoms. The molecule has 0 fully saturated rings. The van der Waals surface area contributed by atoms with Crippen LogP contribution in [0.1, 0.15) is 32.0 Å². The zero-order valence-electron chi connectivity index (χ0n) is 14.3. The second-order valence-electron chi connectivity index (χ2n) is 5.90. The van der Waals surface area contributed by atoms with Gasteiger partial charge in [0.15, 0.2) is 0 Å². The highest BCUT2D eigenvalue weighted by Gasteiger charge is 2.14. The smallest absolute Gasteiger partial charge is 0.272 e. The molecular weight excluding hydrogens is 335 g/mol. The number of amides is 2.